The van der Waals surface area contributed by atoms with Gasteiger partial charge in [0, 0.05) is 21.8 Å². The van der Waals surface area contributed by atoms with Gasteiger partial charge in [-0.25, -0.2) is 0 Å². The standard InChI is InChI=1S/C26H27N2O4PS/c1-4-31-33(30,32-5-2)20-13-16-23-22(17-20)24(26(29)28-23)25(18-9-7-6-8-10-18)27-19-11-14-21(34-3)15-12-19/h6-17,27H,4-5H2,1-3H3,(H,28,29)/b25-24-. The van der Waals surface area contributed by atoms with E-state index in [1.165, 1.54) is 0 Å². The second-order valence-electron chi connectivity index (χ2n) is 7.49. The first kappa shape index (κ1) is 24.3. The maximum atomic E-state index is 13.4. The van der Waals surface area contributed by atoms with E-state index in [1.54, 1.807) is 43.8 Å². The zero-order valence-corrected chi connectivity index (χ0v) is 21.0. The molecule has 3 aromatic carbocycles. The first-order chi connectivity index (χ1) is 16.5. The van der Waals surface area contributed by atoms with Gasteiger partial charge in [0.05, 0.1) is 29.8 Å². The summed E-state index contributed by atoms with van der Waals surface area (Å²) in [5.74, 6) is -0.234. The van der Waals surface area contributed by atoms with Crippen molar-refractivity contribution in [1.29, 1.82) is 0 Å². The van der Waals surface area contributed by atoms with E-state index in [2.05, 4.69) is 10.6 Å². The fourth-order valence-corrected chi connectivity index (χ4v) is 5.81. The second kappa shape index (κ2) is 10.6. The van der Waals surface area contributed by atoms with Crippen LogP contribution in [0.5, 0.6) is 0 Å². The summed E-state index contributed by atoms with van der Waals surface area (Å²) in [6, 6.07) is 22.9. The molecule has 1 aliphatic heterocycles. The molecule has 34 heavy (non-hydrogen) atoms. The van der Waals surface area contributed by atoms with Crippen molar-refractivity contribution in [3.63, 3.8) is 0 Å². The van der Waals surface area contributed by atoms with Gasteiger partial charge < -0.3 is 19.7 Å². The Kier molecular flexibility index (Phi) is 7.59. The number of amides is 1. The van der Waals surface area contributed by atoms with Crippen LogP contribution in [0.15, 0.2) is 77.7 Å². The Morgan fingerprint density at radius 2 is 1.65 bits per heavy atom. The molecule has 0 fully saturated rings. The Hall–Kier alpha value is -2.83. The number of carbonyl (C=O) groups excluding carboxylic acids is 1. The lowest BCUT2D eigenvalue weighted by Crippen LogP contribution is -2.12. The van der Waals surface area contributed by atoms with Crippen LogP contribution in [0.4, 0.5) is 11.4 Å². The first-order valence-electron chi connectivity index (χ1n) is 11.0. The Labute approximate surface area is 204 Å². The summed E-state index contributed by atoms with van der Waals surface area (Å²) in [7, 11) is -3.51. The summed E-state index contributed by atoms with van der Waals surface area (Å²) < 4.78 is 24.5. The molecule has 1 amide bonds. The molecule has 0 radical (unpaired) electrons. The van der Waals surface area contributed by atoms with Crippen molar-refractivity contribution in [2.45, 2.75) is 18.7 Å². The van der Waals surface area contributed by atoms with E-state index >= 15 is 0 Å². The smallest absolute Gasteiger partial charge is 0.354 e. The average Bonchev–Trinajstić information content (AvgIpc) is 3.18. The molecule has 0 aromatic heterocycles. The average molecular weight is 495 g/mol. The van der Waals surface area contributed by atoms with Gasteiger partial charge in [-0.3, -0.25) is 9.36 Å². The number of carbonyl (C=O) groups is 1. The molecule has 4 rings (SSSR count). The van der Waals surface area contributed by atoms with Gasteiger partial charge in [0.25, 0.3) is 5.91 Å². The van der Waals surface area contributed by atoms with Gasteiger partial charge in [-0.15, -0.1) is 11.8 Å². The molecule has 1 aliphatic rings. The first-order valence-corrected chi connectivity index (χ1v) is 13.8. The molecule has 0 atom stereocenters. The minimum atomic E-state index is -3.51. The molecule has 0 saturated heterocycles. The lowest BCUT2D eigenvalue weighted by atomic mass is 10.00. The van der Waals surface area contributed by atoms with Crippen LogP contribution in [0.2, 0.25) is 0 Å². The molecule has 1 heterocycles. The highest BCUT2D eigenvalue weighted by Crippen LogP contribution is 2.48. The van der Waals surface area contributed by atoms with Gasteiger partial charge in [-0.2, -0.15) is 0 Å². The molecule has 0 bridgehead atoms. The molecule has 2 N–H and O–H groups in total. The zero-order chi connectivity index (χ0) is 24.1. The number of hydrogen-bond donors (Lipinski definition) is 2. The molecular formula is C26H27N2O4PS. The number of fused-ring (bicyclic) bond motifs is 1. The quantitative estimate of drug-likeness (QED) is 0.209. The number of rotatable bonds is 9. The zero-order valence-electron chi connectivity index (χ0n) is 19.3. The Balaban J connectivity index is 1.87. The van der Waals surface area contributed by atoms with E-state index < -0.39 is 7.60 Å². The van der Waals surface area contributed by atoms with E-state index in [9.17, 15) is 9.36 Å². The number of hydrogen-bond acceptors (Lipinski definition) is 6. The maximum Gasteiger partial charge on any atom is 0.361 e. The molecule has 6 nitrogen and oxygen atoms in total. The van der Waals surface area contributed by atoms with Crippen LogP contribution in [0.25, 0.3) is 11.3 Å². The molecule has 0 spiro atoms. The van der Waals surface area contributed by atoms with Crippen LogP contribution in [-0.2, 0) is 18.4 Å². The van der Waals surface area contributed by atoms with Crippen molar-refractivity contribution < 1.29 is 18.4 Å². The van der Waals surface area contributed by atoms with Crippen LogP contribution >= 0.6 is 19.4 Å². The summed E-state index contributed by atoms with van der Waals surface area (Å²) in [6.45, 7) is 4.04. The third-order valence-corrected chi connectivity index (χ3v) is 8.18. The molecule has 0 unspecified atom stereocenters. The highest BCUT2D eigenvalue weighted by molar-refractivity contribution is 7.98. The van der Waals surface area contributed by atoms with E-state index in [1.807, 2.05) is 60.9 Å². The summed E-state index contributed by atoms with van der Waals surface area (Å²) in [5, 5.41) is 6.80. The van der Waals surface area contributed by atoms with Crippen molar-refractivity contribution in [2.75, 3.05) is 30.1 Å². The minimum absolute atomic E-state index is 0.234. The summed E-state index contributed by atoms with van der Waals surface area (Å²) in [5.41, 5.74) is 4.14. The fourth-order valence-electron chi connectivity index (χ4n) is 3.80. The van der Waals surface area contributed by atoms with E-state index in [4.69, 9.17) is 9.05 Å². The van der Waals surface area contributed by atoms with Gasteiger partial charge in [0.15, 0.2) is 0 Å². The molecule has 0 saturated carbocycles. The molecule has 3 aromatic rings. The number of nitrogens with one attached hydrogen (secondary N) is 2. The highest BCUT2D eigenvalue weighted by Gasteiger charge is 2.33. The van der Waals surface area contributed by atoms with E-state index in [0.717, 1.165) is 16.1 Å². The molecule has 0 aliphatic carbocycles. The van der Waals surface area contributed by atoms with Gasteiger partial charge in [0.2, 0.25) is 0 Å². The summed E-state index contributed by atoms with van der Waals surface area (Å²) >= 11 is 1.67. The van der Waals surface area contributed by atoms with Gasteiger partial charge in [-0.05, 0) is 68.1 Å². The van der Waals surface area contributed by atoms with E-state index in [-0.39, 0.29) is 19.1 Å². The molecular weight excluding hydrogens is 467 g/mol. The lowest BCUT2D eigenvalue weighted by molar-refractivity contribution is -0.110. The summed E-state index contributed by atoms with van der Waals surface area (Å²) in [4.78, 5) is 14.4. The number of thioether (sulfide) groups is 1. The number of benzene rings is 3. The Morgan fingerprint density at radius 1 is 0.971 bits per heavy atom. The van der Waals surface area contributed by atoms with Crippen molar-refractivity contribution in [3.05, 3.63) is 83.9 Å². The van der Waals surface area contributed by atoms with Crippen molar-refractivity contribution in [1.82, 2.24) is 0 Å². The SMILES string of the molecule is CCOP(=O)(OCC)c1ccc2c(c1)/C(=C(/Nc1ccc(SC)cc1)c1ccccc1)C(=O)N2. The maximum absolute atomic E-state index is 13.4. The topological polar surface area (TPSA) is 76.7 Å². The van der Waals surface area contributed by atoms with Crippen molar-refractivity contribution in [2.24, 2.45) is 0 Å². The lowest BCUT2D eigenvalue weighted by Gasteiger charge is -2.18. The minimum Gasteiger partial charge on any atom is -0.354 e. The highest BCUT2D eigenvalue weighted by atomic mass is 32.2. The van der Waals surface area contributed by atoms with Gasteiger partial charge in [0.1, 0.15) is 0 Å². The van der Waals surface area contributed by atoms with E-state index in [0.29, 0.717) is 27.8 Å². The fraction of sp³-hybridized carbons (Fsp3) is 0.192. The van der Waals surface area contributed by atoms with Crippen molar-refractivity contribution >= 4 is 53.2 Å². The predicted molar refractivity (Wildman–Crippen MR) is 141 cm³/mol. The van der Waals surface area contributed by atoms with Crippen LogP contribution in [-0.4, -0.2) is 25.4 Å². The third kappa shape index (κ3) is 4.98. The summed E-state index contributed by atoms with van der Waals surface area (Å²) in [6.07, 6.45) is 2.03. The van der Waals surface area contributed by atoms with Crippen molar-refractivity contribution in [3.8, 4) is 0 Å². The van der Waals surface area contributed by atoms with Gasteiger partial charge in [-0.1, -0.05) is 30.3 Å². The Morgan fingerprint density at radius 3 is 2.26 bits per heavy atom. The Bertz CT molecular complexity index is 1250. The second-order valence-corrected chi connectivity index (χ2v) is 10.4. The van der Waals surface area contributed by atoms with Crippen LogP contribution < -0.4 is 15.9 Å². The molecule has 176 valence electrons. The normalized spacial score (nSPS) is 14.5. The monoisotopic (exact) mass is 494 g/mol. The largest absolute Gasteiger partial charge is 0.361 e. The van der Waals surface area contributed by atoms with Crippen LogP contribution in [0.1, 0.15) is 25.0 Å². The molecule has 8 heteroatoms. The van der Waals surface area contributed by atoms with Gasteiger partial charge >= 0.3 is 7.60 Å². The number of anilines is 2. The van der Waals surface area contributed by atoms with Crippen LogP contribution in [0.3, 0.4) is 0 Å². The predicted octanol–water partition coefficient (Wildman–Crippen LogP) is 6.23. The third-order valence-electron chi connectivity index (χ3n) is 5.33. The van der Waals surface area contributed by atoms with Crippen LogP contribution in [0, 0.1) is 0 Å².